The fourth-order valence-electron chi connectivity index (χ4n) is 1.42. The Hall–Kier alpha value is -2.90. The van der Waals surface area contributed by atoms with Gasteiger partial charge in [0.1, 0.15) is 0 Å². The molecule has 0 heterocycles. The summed E-state index contributed by atoms with van der Waals surface area (Å²) in [5.41, 5.74) is 18.9. The number of hydrogen-bond acceptors (Lipinski definition) is 4. The molecule has 0 aliphatic carbocycles. The molecule has 8 N–H and O–H groups in total. The number of carbonyl (C=O) groups is 4. The minimum Gasteiger partial charge on any atom is -0.366 e. The van der Waals surface area contributed by atoms with E-state index in [2.05, 4.69) is 0 Å². The molecule has 0 saturated heterocycles. The van der Waals surface area contributed by atoms with E-state index < -0.39 is 23.6 Å². The second kappa shape index (κ2) is 4.53. The van der Waals surface area contributed by atoms with Crippen LogP contribution in [0.1, 0.15) is 41.4 Å². The molecule has 4 amide bonds. The van der Waals surface area contributed by atoms with Crippen molar-refractivity contribution in [2.45, 2.75) is 0 Å². The highest BCUT2D eigenvalue weighted by Crippen LogP contribution is 2.16. The number of amides is 4. The summed E-state index contributed by atoms with van der Waals surface area (Å²) in [6, 6.07) is 1.84. The molecule has 0 aliphatic heterocycles. The molecule has 0 aliphatic rings. The van der Waals surface area contributed by atoms with E-state index in [4.69, 9.17) is 22.9 Å². The molecule has 0 atom stereocenters. The maximum absolute atomic E-state index is 11.1. The Bertz CT molecular complexity index is 481. The van der Waals surface area contributed by atoms with Crippen molar-refractivity contribution in [3.63, 3.8) is 0 Å². The Morgan fingerprint density at radius 1 is 0.556 bits per heavy atom. The van der Waals surface area contributed by atoms with Crippen molar-refractivity contribution >= 4 is 23.6 Å². The van der Waals surface area contributed by atoms with E-state index in [0.717, 1.165) is 12.1 Å². The minimum absolute atomic E-state index is 0.304. The zero-order valence-electron chi connectivity index (χ0n) is 9.10. The van der Waals surface area contributed by atoms with Gasteiger partial charge in [-0.2, -0.15) is 0 Å². The summed E-state index contributed by atoms with van der Waals surface area (Å²) in [4.78, 5) is 44.5. The first-order valence-corrected chi connectivity index (χ1v) is 4.63. The van der Waals surface area contributed by atoms with Crippen LogP contribution in [0.3, 0.4) is 0 Å². The van der Waals surface area contributed by atoms with Crippen LogP contribution >= 0.6 is 0 Å². The van der Waals surface area contributed by atoms with Gasteiger partial charge in [0, 0.05) is 0 Å². The van der Waals surface area contributed by atoms with Gasteiger partial charge in [-0.25, -0.2) is 0 Å². The highest BCUT2D eigenvalue weighted by Gasteiger charge is 2.21. The van der Waals surface area contributed by atoms with E-state index in [9.17, 15) is 19.2 Å². The van der Waals surface area contributed by atoms with Crippen LogP contribution in [0.2, 0.25) is 0 Å². The van der Waals surface area contributed by atoms with Gasteiger partial charge in [0.15, 0.2) is 0 Å². The van der Waals surface area contributed by atoms with Gasteiger partial charge in [-0.05, 0) is 12.1 Å². The van der Waals surface area contributed by atoms with Crippen molar-refractivity contribution in [2.24, 2.45) is 22.9 Å². The lowest BCUT2D eigenvalue weighted by Gasteiger charge is -2.09. The van der Waals surface area contributed by atoms with Crippen LogP contribution in [0, 0.1) is 0 Å². The third-order valence-corrected chi connectivity index (χ3v) is 2.22. The molecule has 0 fully saturated rings. The molecule has 1 rings (SSSR count). The maximum Gasteiger partial charge on any atom is 0.249 e. The molecule has 0 saturated carbocycles. The predicted octanol–water partition coefficient (Wildman–Crippen LogP) is -1.92. The second-order valence-electron chi connectivity index (χ2n) is 3.40. The van der Waals surface area contributed by atoms with Crippen LogP contribution in [0.4, 0.5) is 0 Å². The van der Waals surface area contributed by atoms with Gasteiger partial charge in [0.2, 0.25) is 23.6 Å². The van der Waals surface area contributed by atoms with Gasteiger partial charge in [0.05, 0.1) is 22.3 Å². The highest BCUT2D eigenvalue weighted by molar-refractivity contribution is 6.13. The smallest absolute Gasteiger partial charge is 0.249 e. The van der Waals surface area contributed by atoms with Crippen molar-refractivity contribution < 1.29 is 19.2 Å². The van der Waals surface area contributed by atoms with Crippen LogP contribution < -0.4 is 22.9 Å². The van der Waals surface area contributed by atoms with Gasteiger partial charge in [-0.1, -0.05) is 0 Å². The molecule has 1 aromatic carbocycles. The molecular formula is C10H10N4O4. The van der Waals surface area contributed by atoms with E-state index in [-0.39, 0.29) is 22.3 Å². The Balaban J connectivity index is 3.71. The minimum atomic E-state index is -0.984. The van der Waals surface area contributed by atoms with Gasteiger partial charge in [0.25, 0.3) is 0 Å². The van der Waals surface area contributed by atoms with Crippen molar-refractivity contribution in [3.05, 3.63) is 34.4 Å². The third-order valence-electron chi connectivity index (χ3n) is 2.22. The molecule has 0 bridgehead atoms. The average molecular weight is 250 g/mol. The molecule has 0 unspecified atom stereocenters. The van der Waals surface area contributed by atoms with Gasteiger partial charge >= 0.3 is 0 Å². The molecule has 0 spiro atoms. The Kier molecular flexibility index (Phi) is 3.32. The molecule has 0 radical (unpaired) electrons. The van der Waals surface area contributed by atoms with Crippen LogP contribution in [0.25, 0.3) is 0 Å². The first-order chi connectivity index (χ1) is 8.25. The number of nitrogens with two attached hydrogens (primary N) is 4. The lowest BCUT2D eigenvalue weighted by Crippen LogP contribution is -2.26. The molecule has 0 aromatic heterocycles. The van der Waals surface area contributed by atoms with Crippen LogP contribution in [-0.4, -0.2) is 23.6 Å². The standard InChI is InChI=1S/C10H10N4O4/c11-7(15)3-1-4(8(12)16)6(10(14)18)2-5(3)9(13)17/h1-2H,(H2,11,15)(H2,12,16)(H2,13,17)(H2,14,18). The Labute approximate surface area is 101 Å². The van der Waals surface area contributed by atoms with Crippen molar-refractivity contribution in [1.82, 2.24) is 0 Å². The molecular weight excluding hydrogens is 240 g/mol. The Morgan fingerprint density at radius 2 is 0.722 bits per heavy atom. The molecule has 1 aromatic rings. The molecule has 94 valence electrons. The predicted molar refractivity (Wildman–Crippen MR) is 60.5 cm³/mol. The zero-order chi connectivity index (χ0) is 14.0. The lowest BCUT2D eigenvalue weighted by molar-refractivity contribution is 0.0956. The third kappa shape index (κ3) is 2.26. The number of rotatable bonds is 4. The monoisotopic (exact) mass is 250 g/mol. The molecule has 8 nitrogen and oxygen atoms in total. The van der Waals surface area contributed by atoms with Gasteiger partial charge in [-0.15, -0.1) is 0 Å². The second-order valence-corrected chi connectivity index (χ2v) is 3.40. The van der Waals surface area contributed by atoms with Crippen LogP contribution in [-0.2, 0) is 0 Å². The average Bonchev–Trinajstić information content (AvgIpc) is 2.26. The summed E-state index contributed by atoms with van der Waals surface area (Å²) in [6.07, 6.45) is 0. The summed E-state index contributed by atoms with van der Waals surface area (Å²) in [6.45, 7) is 0. The number of benzene rings is 1. The van der Waals surface area contributed by atoms with Crippen LogP contribution in [0.15, 0.2) is 12.1 Å². The summed E-state index contributed by atoms with van der Waals surface area (Å²) in [5, 5.41) is 0. The van der Waals surface area contributed by atoms with Gasteiger partial charge in [-0.3, -0.25) is 19.2 Å². The number of hydrogen-bond donors (Lipinski definition) is 4. The van der Waals surface area contributed by atoms with E-state index in [0.29, 0.717) is 0 Å². The van der Waals surface area contributed by atoms with E-state index in [1.54, 1.807) is 0 Å². The lowest BCUT2D eigenvalue weighted by atomic mass is 9.96. The SMILES string of the molecule is NC(=O)c1cc(C(N)=O)c(C(N)=O)cc1C(N)=O. The van der Waals surface area contributed by atoms with Crippen molar-refractivity contribution in [2.75, 3.05) is 0 Å². The molecule has 8 heteroatoms. The first kappa shape index (κ1) is 13.2. The summed E-state index contributed by atoms with van der Waals surface area (Å²) >= 11 is 0. The largest absolute Gasteiger partial charge is 0.366 e. The summed E-state index contributed by atoms with van der Waals surface area (Å²) in [7, 11) is 0. The van der Waals surface area contributed by atoms with Crippen molar-refractivity contribution in [3.8, 4) is 0 Å². The topological polar surface area (TPSA) is 172 Å². The van der Waals surface area contributed by atoms with E-state index in [1.807, 2.05) is 0 Å². The fraction of sp³-hybridized carbons (Fsp3) is 0. The summed E-state index contributed by atoms with van der Waals surface area (Å²) in [5.74, 6) is -3.94. The normalized spacial score (nSPS) is 9.78. The van der Waals surface area contributed by atoms with Crippen molar-refractivity contribution in [1.29, 1.82) is 0 Å². The number of carbonyl (C=O) groups excluding carboxylic acids is 4. The van der Waals surface area contributed by atoms with E-state index >= 15 is 0 Å². The Morgan fingerprint density at radius 3 is 0.833 bits per heavy atom. The zero-order valence-corrected chi connectivity index (χ0v) is 9.10. The van der Waals surface area contributed by atoms with E-state index in [1.165, 1.54) is 0 Å². The maximum atomic E-state index is 11.1. The summed E-state index contributed by atoms with van der Waals surface area (Å²) < 4.78 is 0. The molecule has 18 heavy (non-hydrogen) atoms. The fourth-order valence-corrected chi connectivity index (χ4v) is 1.42. The van der Waals surface area contributed by atoms with Gasteiger partial charge < -0.3 is 22.9 Å². The highest BCUT2D eigenvalue weighted by atomic mass is 16.2. The first-order valence-electron chi connectivity index (χ1n) is 4.63. The number of primary amides is 4. The quantitative estimate of drug-likeness (QED) is 0.488. The van der Waals surface area contributed by atoms with Crippen LogP contribution in [0.5, 0.6) is 0 Å².